The summed E-state index contributed by atoms with van der Waals surface area (Å²) in [4.78, 5) is 0. The lowest BCUT2D eigenvalue weighted by Gasteiger charge is -2.16. The molecule has 1 aromatic heterocycles. The van der Waals surface area contributed by atoms with Gasteiger partial charge in [-0.15, -0.1) is 0 Å². The Hall–Kier alpha value is -0.910. The molecule has 0 bridgehead atoms. The van der Waals surface area contributed by atoms with Gasteiger partial charge in [-0.1, -0.05) is 6.92 Å². The summed E-state index contributed by atoms with van der Waals surface area (Å²) in [7, 11) is 1.73. The van der Waals surface area contributed by atoms with Gasteiger partial charge in [0.25, 0.3) is 0 Å². The lowest BCUT2D eigenvalue weighted by atomic mass is 10.1. The number of nitrogens with two attached hydrogens (primary N) is 1. The minimum absolute atomic E-state index is 0.284. The standard InChI is InChI=1S/C13H26N4O/c1-4-11-9-13(17(5-2)16-11)10-12(15-14)7-6-8-18-3/h9,12,15H,4-8,10,14H2,1-3H3. The first-order chi connectivity index (χ1) is 8.74. The van der Waals surface area contributed by atoms with Crippen LogP contribution in [0.25, 0.3) is 0 Å². The molecule has 0 aliphatic rings. The zero-order valence-corrected chi connectivity index (χ0v) is 11.8. The summed E-state index contributed by atoms with van der Waals surface area (Å²) in [6.07, 6.45) is 3.93. The molecule has 1 aromatic rings. The Kier molecular flexibility index (Phi) is 6.93. The van der Waals surface area contributed by atoms with Crippen molar-refractivity contribution in [2.24, 2.45) is 5.84 Å². The maximum Gasteiger partial charge on any atom is 0.0624 e. The molecule has 0 spiro atoms. The van der Waals surface area contributed by atoms with E-state index in [0.29, 0.717) is 0 Å². The zero-order chi connectivity index (χ0) is 13.4. The van der Waals surface area contributed by atoms with E-state index in [1.54, 1.807) is 7.11 Å². The van der Waals surface area contributed by atoms with E-state index in [2.05, 4.69) is 35.1 Å². The zero-order valence-electron chi connectivity index (χ0n) is 11.8. The quantitative estimate of drug-likeness (QED) is 0.396. The Labute approximate surface area is 110 Å². The van der Waals surface area contributed by atoms with Gasteiger partial charge in [0.2, 0.25) is 0 Å². The number of ether oxygens (including phenoxy) is 1. The second kappa shape index (κ2) is 8.24. The molecule has 0 aromatic carbocycles. The Morgan fingerprint density at radius 2 is 2.28 bits per heavy atom. The van der Waals surface area contributed by atoms with Gasteiger partial charge < -0.3 is 4.74 Å². The maximum atomic E-state index is 5.61. The van der Waals surface area contributed by atoms with Gasteiger partial charge in [0.1, 0.15) is 0 Å². The van der Waals surface area contributed by atoms with E-state index in [9.17, 15) is 0 Å². The maximum absolute atomic E-state index is 5.61. The Morgan fingerprint density at radius 3 is 2.83 bits per heavy atom. The minimum atomic E-state index is 0.284. The number of aromatic nitrogens is 2. The second-order valence-corrected chi connectivity index (χ2v) is 4.50. The Bertz CT molecular complexity index is 338. The van der Waals surface area contributed by atoms with Crippen molar-refractivity contribution >= 4 is 0 Å². The van der Waals surface area contributed by atoms with Gasteiger partial charge >= 0.3 is 0 Å². The van der Waals surface area contributed by atoms with Crippen LogP contribution in [-0.2, 0) is 24.1 Å². The summed E-state index contributed by atoms with van der Waals surface area (Å²) in [6.45, 7) is 5.94. The van der Waals surface area contributed by atoms with Crippen molar-refractivity contribution in [3.8, 4) is 0 Å². The van der Waals surface area contributed by atoms with E-state index in [1.165, 1.54) is 5.69 Å². The molecule has 0 saturated heterocycles. The van der Waals surface area contributed by atoms with Crippen molar-refractivity contribution in [2.45, 2.75) is 52.1 Å². The third-order valence-corrected chi connectivity index (χ3v) is 3.17. The first-order valence-electron chi connectivity index (χ1n) is 6.75. The van der Waals surface area contributed by atoms with Crippen molar-refractivity contribution < 1.29 is 4.74 Å². The molecule has 5 nitrogen and oxygen atoms in total. The van der Waals surface area contributed by atoms with Crippen LogP contribution in [0.15, 0.2) is 6.07 Å². The molecule has 3 N–H and O–H groups in total. The smallest absolute Gasteiger partial charge is 0.0624 e. The molecule has 0 radical (unpaired) electrons. The Balaban J connectivity index is 2.59. The lowest BCUT2D eigenvalue weighted by Crippen LogP contribution is -2.37. The van der Waals surface area contributed by atoms with Crippen molar-refractivity contribution in [1.82, 2.24) is 15.2 Å². The van der Waals surface area contributed by atoms with Crippen molar-refractivity contribution in [3.05, 3.63) is 17.5 Å². The topological polar surface area (TPSA) is 65.1 Å². The SMILES string of the molecule is CCc1cc(CC(CCCOC)NN)n(CC)n1. The van der Waals surface area contributed by atoms with Crippen molar-refractivity contribution in [1.29, 1.82) is 0 Å². The van der Waals surface area contributed by atoms with Crippen LogP contribution in [0, 0.1) is 0 Å². The fourth-order valence-corrected chi connectivity index (χ4v) is 2.10. The van der Waals surface area contributed by atoms with Crippen LogP contribution < -0.4 is 11.3 Å². The summed E-state index contributed by atoms with van der Waals surface area (Å²) in [5.74, 6) is 5.61. The van der Waals surface area contributed by atoms with E-state index in [-0.39, 0.29) is 6.04 Å². The molecule has 0 aliphatic carbocycles. The number of hydrogen-bond acceptors (Lipinski definition) is 4. The molecule has 0 amide bonds. The van der Waals surface area contributed by atoms with Crippen LogP contribution in [0.5, 0.6) is 0 Å². The number of rotatable bonds is 9. The fourth-order valence-electron chi connectivity index (χ4n) is 2.10. The Morgan fingerprint density at radius 1 is 1.50 bits per heavy atom. The predicted molar refractivity (Wildman–Crippen MR) is 73.2 cm³/mol. The number of hydrogen-bond donors (Lipinski definition) is 2. The van der Waals surface area contributed by atoms with Gasteiger partial charge in [0, 0.05) is 38.4 Å². The lowest BCUT2D eigenvalue weighted by molar-refractivity contribution is 0.188. The third kappa shape index (κ3) is 4.40. The summed E-state index contributed by atoms with van der Waals surface area (Å²) in [6, 6.07) is 2.47. The molecule has 5 heteroatoms. The van der Waals surface area contributed by atoms with Crippen LogP contribution in [-0.4, -0.2) is 29.5 Å². The number of nitrogens with zero attached hydrogens (tertiary/aromatic N) is 2. The van der Waals surface area contributed by atoms with Gasteiger partial charge in [-0.25, -0.2) is 0 Å². The number of nitrogens with one attached hydrogen (secondary N) is 1. The van der Waals surface area contributed by atoms with Crippen molar-refractivity contribution in [3.63, 3.8) is 0 Å². The summed E-state index contributed by atoms with van der Waals surface area (Å²) < 4.78 is 7.14. The summed E-state index contributed by atoms with van der Waals surface area (Å²) in [5.41, 5.74) is 5.30. The number of aryl methyl sites for hydroxylation is 2. The van der Waals surface area contributed by atoms with Gasteiger partial charge in [-0.05, 0) is 32.3 Å². The highest BCUT2D eigenvalue weighted by Crippen LogP contribution is 2.10. The summed E-state index contributed by atoms with van der Waals surface area (Å²) in [5, 5.41) is 4.55. The van der Waals surface area contributed by atoms with Crippen LogP contribution in [0.3, 0.4) is 0 Å². The van der Waals surface area contributed by atoms with Gasteiger partial charge in [0.15, 0.2) is 0 Å². The molecular weight excluding hydrogens is 228 g/mol. The predicted octanol–water partition coefficient (Wildman–Crippen LogP) is 1.27. The fraction of sp³-hybridized carbons (Fsp3) is 0.769. The molecule has 1 rings (SSSR count). The van der Waals surface area contributed by atoms with Crippen LogP contribution in [0.4, 0.5) is 0 Å². The normalized spacial score (nSPS) is 12.9. The largest absolute Gasteiger partial charge is 0.385 e. The van der Waals surface area contributed by atoms with Gasteiger partial charge in [0.05, 0.1) is 5.69 Å². The third-order valence-electron chi connectivity index (χ3n) is 3.17. The van der Waals surface area contributed by atoms with E-state index >= 15 is 0 Å². The second-order valence-electron chi connectivity index (χ2n) is 4.50. The minimum Gasteiger partial charge on any atom is -0.385 e. The number of methoxy groups -OCH3 is 1. The average Bonchev–Trinajstić information content (AvgIpc) is 2.80. The highest BCUT2D eigenvalue weighted by Gasteiger charge is 2.12. The van der Waals surface area contributed by atoms with Gasteiger partial charge in [-0.3, -0.25) is 16.0 Å². The molecule has 0 fully saturated rings. The molecule has 0 saturated carbocycles. The summed E-state index contributed by atoms with van der Waals surface area (Å²) >= 11 is 0. The van der Waals surface area contributed by atoms with Crippen LogP contribution >= 0.6 is 0 Å². The van der Waals surface area contributed by atoms with Crippen LogP contribution in [0.1, 0.15) is 38.1 Å². The molecule has 1 heterocycles. The molecule has 18 heavy (non-hydrogen) atoms. The van der Waals surface area contributed by atoms with E-state index in [1.807, 2.05) is 0 Å². The highest BCUT2D eigenvalue weighted by molar-refractivity contribution is 5.11. The van der Waals surface area contributed by atoms with Gasteiger partial charge in [-0.2, -0.15) is 5.10 Å². The molecule has 104 valence electrons. The molecular formula is C13H26N4O. The molecule has 0 aliphatic heterocycles. The molecule has 1 unspecified atom stereocenters. The van der Waals surface area contributed by atoms with E-state index < -0.39 is 0 Å². The van der Waals surface area contributed by atoms with E-state index in [4.69, 9.17) is 10.6 Å². The first-order valence-corrected chi connectivity index (χ1v) is 6.75. The molecule has 1 atom stereocenters. The number of hydrazine groups is 1. The monoisotopic (exact) mass is 254 g/mol. The van der Waals surface area contributed by atoms with E-state index in [0.717, 1.165) is 44.5 Å². The highest BCUT2D eigenvalue weighted by atomic mass is 16.5. The van der Waals surface area contributed by atoms with Crippen LogP contribution in [0.2, 0.25) is 0 Å². The van der Waals surface area contributed by atoms with Crippen molar-refractivity contribution in [2.75, 3.05) is 13.7 Å². The first kappa shape index (κ1) is 15.1. The average molecular weight is 254 g/mol.